The number of hydrogen-bond acceptors (Lipinski definition) is 5. The van der Waals surface area contributed by atoms with Crippen LogP contribution in [0.5, 0.6) is 0 Å². The minimum atomic E-state index is -0.543. The van der Waals surface area contributed by atoms with Gasteiger partial charge in [0.05, 0.1) is 16.5 Å². The summed E-state index contributed by atoms with van der Waals surface area (Å²) in [6, 6.07) is 26.2. The molecule has 4 rings (SSSR count). The number of nitriles is 1. The van der Waals surface area contributed by atoms with E-state index in [1.807, 2.05) is 49.4 Å². The van der Waals surface area contributed by atoms with Crippen LogP contribution in [-0.2, 0) is 4.79 Å². The summed E-state index contributed by atoms with van der Waals surface area (Å²) in [4.78, 5) is 29.3. The second-order valence-corrected chi connectivity index (χ2v) is 10.4. The summed E-state index contributed by atoms with van der Waals surface area (Å²) in [6.45, 7) is 5.28. The number of carbonyl (C=O) groups excluding carboxylic acids is 2. The van der Waals surface area contributed by atoms with Crippen LogP contribution < -0.4 is 5.32 Å². The lowest BCUT2D eigenvalue weighted by Crippen LogP contribution is -2.22. The Morgan fingerprint density at radius 1 is 0.973 bits per heavy atom. The van der Waals surface area contributed by atoms with Crippen molar-refractivity contribution in [2.24, 2.45) is 0 Å². The summed E-state index contributed by atoms with van der Waals surface area (Å²) >= 11 is 7.33. The monoisotopic (exact) mass is 525 g/mol. The molecule has 1 amide bonds. The van der Waals surface area contributed by atoms with Crippen LogP contribution in [0.25, 0.3) is 22.4 Å². The minimum absolute atomic E-state index is 0.0399. The number of rotatable bonds is 7. The number of anilines is 1. The molecule has 0 aliphatic heterocycles. The first-order chi connectivity index (χ1) is 17.7. The number of amides is 1. The van der Waals surface area contributed by atoms with Crippen molar-refractivity contribution >= 4 is 40.7 Å². The largest absolute Gasteiger partial charge is 0.325 e. The third-order valence-electron chi connectivity index (χ3n) is 5.82. The van der Waals surface area contributed by atoms with Gasteiger partial charge in [0.25, 0.3) is 0 Å². The third kappa shape index (κ3) is 6.26. The predicted molar refractivity (Wildman–Crippen MR) is 150 cm³/mol. The molecule has 0 radical (unpaired) electrons. The lowest BCUT2D eigenvalue weighted by atomic mass is 9.99. The Hall–Kier alpha value is -3.92. The second kappa shape index (κ2) is 11.4. The Morgan fingerprint density at radius 3 is 2.19 bits per heavy atom. The summed E-state index contributed by atoms with van der Waals surface area (Å²) in [6.07, 6.45) is 0. The van der Waals surface area contributed by atoms with Crippen molar-refractivity contribution in [3.8, 4) is 28.5 Å². The first-order valence-corrected chi connectivity index (χ1v) is 12.9. The molecule has 0 fully saturated rings. The lowest BCUT2D eigenvalue weighted by Gasteiger charge is -2.16. The smallest absolute Gasteiger partial charge is 0.237 e. The van der Waals surface area contributed by atoms with E-state index in [0.29, 0.717) is 32.6 Å². The first kappa shape index (κ1) is 26.2. The molecule has 0 aliphatic rings. The van der Waals surface area contributed by atoms with Gasteiger partial charge in [0.1, 0.15) is 11.1 Å². The van der Waals surface area contributed by atoms with Crippen LogP contribution in [0.15, 0.2) is 83.9 Å². The van der Waals surface area contributed by atoms with E-state index in [4.69, 9.17) is 16.6 Å². The van der Waals surface area contributed by atoms with Crippen LogP contribution in [0, 0.1) is 18.3 Å². The van der Waals surface area contributed by atoms with Crippen molar-refractivity contribution in [1.29, 1.82) is 5.26 Å². The highest BCUT2D eigenvalue weighted by Crippen LogP contribution is 2.36. The maximum absolute atomic E-state index is 13.0. The van der Waals surface area contributed by atoms with Gasteiger partial charge in [-0.3, -0.25) is 9.59 Å². The molecular formula is C30H24ClN3O2S. The zero-order valence-electron chi connectivity index (χ0n) is 20.6. The molecule has 184 valence electrons. The average Bonchev–Trinajstić information content (AvgIpc) is 2.89. The Bertz CT molecular complexity index is 1490. The Balaban J connectivity index is 1.69. The Kier molecular flexibility index (Phi) is 8.08. The van der Waals surface area contributed by atoms with E-state index in [9.17, 15) is 14.9 Å². The molecule has 1 aromatic heterocycles. The van der Waals surface area contributed by atoms with Gasteiger partial charge in [-0.1, -0.05) is 65.3 Å². The fourth-order valence-electron chi connectivity index (χ4n) is 3.70. The van der Waals surface area contributed by atoms with Gasteiger partial charge in [0, 0.05) is 27.4 Å². The first-order valence-electron chi connectivity index (χ1n) is 11.6. The van der Waals surface area contributed by atoms with Crippen molar-refractivity contribution in [3.63, 3.8) is 0 Å². The fourth-order valence-corrected chi connectivity index (χ4v) is 4.75. The maximum Gasteiger partial charge on any atom is 0.237 e. The van der Waals surface area contributed by atoms with E-state index in [1.54, 1.807) is 43.3 Å². The van der Waals surface area contributed by atoms with Gasteiger partial charge in [-0.15, -0.1) is 0 Å². The quantitative estimate of drug-likeness (QED) is 0.199. The molecule has 0 spiro atoms. The van der Waals surface area contributed by atoms with Gasteiger partial charge in [-0.25, -0.2) is 4.98 Å². The second-order valence-electron chi connectivity index (χ2n) is 8.60. The maximum atomic E-state index is 13.0. The predicted octanol–water partition coefficient (Wildman–Crippen LogP) is 7.57. The van der Waals surface area contributed by atoms with Crippen LogP contribution in [0.1, 0.15) is 35.3 Å². The molecule has 1 N–H and O–H groups in total. The topological polar surface area (TPSA) is 82.8 Å². The highest BCUT2D eigenvalue weighted by atomic mass is 35.5. The molecule has 1 heterocycles. The average molecular weight is 526 g/mol. The number of thioether (sulfide) groups is 1. The van der Waals surface area contributed by atoms with E-state index < -0.39 is 5.25 Å². The fraction of sp³-hybridized carbons (Fsp3) is 0.133. The zero-order chi connectivity index (χ0) is 26.5. The van der Waals surface area contributed by atoms with Gasteiger partial charge in [0.2, 0.25) is 5.91 Å². The van der Waals surface area contributed by atoms with Crippen LogP contribution in [0.2, 0.25) is 5.02 Å². The minimum Gasteiger partial charge on any atom is -0.325 e. The molecule has 0 bridgehead atoms. The van der Waals surface area contributed by atoms with Gasteiger partial charge in [0.15, 0.2) is 5.78 Å². The van der Waals surface area contributed by atoms with Crippen LogP contribution >= 0.6 is 23.4 Å². The van der Waals surface area contributed by atoms with Crippen molar-refractivity contribution in [3.05, 3.63) is 101 Å². The molecule has 4 aromatic rings. The zero-order valence-corrected chi connectivity index (χ0v) is 22.2. The van der Waals surface area contributed by atoms with E-state index in [-0.39, 0.29) is 11.7 Å². The molecule has 0 aliphatic carbocycles. The summed E-state index contributed by atoms with van der Waals surface area (Å²) < 4.78 is 0. The van der Waals surface area contributed by atoms with Crippen molar-refractivity contribution < 1.29 is 9.59 Å². The highest BCUT2D eigenvalue weighted by Gasteiger charge is 2.21. The van der Waals surface area contributed by atoms with Crippen LogP contribution in [0.4, 0.5) is 5.69 Å². The van der Waals surface area contributed by atoms with E-state index >= 15 is 0 Å². The number of carbonyl (C=O) groups is 2. The van der Waals surface area contributed by atoms with E-state index in [1.165, 1.54) is 18.7 Å². The van der Waals surface area contributed by atoms with Crippen molar-refractivity contribution in [2.45, 2.75) is 31.0 Å². The highest BCUT2D eigenvalue weighted by molar-refractivity contribution is 8.00. The Morgan fingerprint density at radius 2 is 1.59 bits per heavy atom. The number of pyridine rings is 1. The Labute approximate surface area is 225 Å². The molecule has 1 atom stereocenters. The lowest BCUT2D eigenvalue weighted by molar-refractivity contribution is -0.115. The molecule has 0 unspecified atom stereocenters. The van der Waals surface area contributed by atoms with E-state index in [2.05, 4.69) is 11.4 Å². The molecule has 0 saturated carbocycles. The molecule has 5 nitrogen and oxygen atoms in total. The summed E-state index contributed by atoms with van der Waals surface area (Å²) in [7, 11) is 0. The SMILES string of the molecule is CC(=O)c1ccc(NC(=O)[C@H](C)Sc2nc(-c3ccc(C)cc3)cc(-c3ccc(Cl)cc3)c2C#N)cc1. The van der Waals surface area contributed by atoms with Crippen molar-refractivity contribution in [2.75, 3.05) is 5.32 Å². The number of halogens is 1. The van der Waals surface area contributed by atoms with Gasteiger partial charge < -0.3 is 5.32 Å². The molecule has 7 heteroatoms. The number of benzene rings is 3. The number of aryl methyl sites for hydroxylation is 1. The van der Waals surface area contributed by atoms with Crippen molar-refractivity contribution in [1.82, 2.24) is 4.98 Å². The normalized spacial score (nSPS) is 11.4. The van der Waals surface area contributed by atoms with Crippen LogP contribution in [0.3, 0.4) is 0 Å². The summed E-state index contributed by atoms with van der Waals surface area (Å²) in [5.74, 6) is -0.276. The number of ketones is 1. The van der Waals surface area contributed by atoms with Gasteiger partial charge >= 0.3 is 0 Å². The number of aromatic nitrogens is 1. The summed E-state index contributed by atoms with van der Waals surface area (Å²) in [5, 5.41) is 13.5. The molecule has 0 saturated heterocycles. The third-order valence-corrected chi connectivity index (χ3v) is 7.16. The number of hydrogen-bond donors (Lipinski definition) is 1. The van der Waals surface area contributed by atoms with Gasteiger partial charge in [-0.2, -0.15) is 5.26 Å². The molecule has 37 heavy (non-hydrogen) atoms. The molecular weight excluding hydrogens is 502 g/mol. The number of nitrogens with one attached hydrogen (secondary N) is 1. The standard InChI is InChI=1S/C30H24ClN3O2S/c1-18-4-6-23(7-5-18)28-16-26(22-8-12-24(31)13-9-22)27(17-32)30(34-28)37-20(3)29(36)33-25-14-10-21(11-15-25)19(2)35/h4-16,20H,1-3H3,(H,33,36)/t20-/m0/s1. The van der Waals surface area contributed by atoms with E-state index in [0.717, 1.165) is 22.3 Å². The summed E-state index contributed by atoms with van der Waals surface area (Å²) in [5.41, 5.74) is 5.87. The number of Topliss-reactive ketones (excluding diaryl/α,β-unsaturated/α-hetero) is 1. The van der Waals surface area contributed by atoms with Gasteiger partial charge in [-0.05, 0) is 68.8 Å². The molecule has 3 aromatic carbocycles. The number of nitrogens with zero attached hydrogens (tertiary/aromatic N) is 2. The van der Waals surface area contributed by atoms with Crippen LogP contribution in [-0.4, -0.2) is 21.9 Å².